The van der Waals surface area contributed by atoms with E-state index in [9.17, 15) is 4.39 Å². The van der Waals surface area contributed by atoms with Crippen LogP contribution < -0.4 is 9.47 Å². The number of rotatable bonds is 6. The number of methoxy groups -OCH3 is 1. The van der Waals surface area contributed by atoms with Crippen molar-refractivity contribution in [3.8, 4) is 11.5 Å². The largest absolute Gasteiger partial charge is 0.497 e. The maximum atomic E-state index is 13.8. The van der Waals surface area contributed by atoms with E-state index < -0.39 is 0 Å². The van der Waals surface area contributed by atoms with E-state index in [2.05, 4.69) is 10.2 Å². The van der Waals surface area contributed by atoms with Crippen molar-refractivity contribution >= 4 is 11.8 Å². The van der Waals surface area contributed by atoms with E-state index in [1.165, 1.54) is 23.9 Å². The Morgan fingerprint density at radius 3 is 2.85 bits per heavy atom. The quantitative estimate of drug-likeness (QED) is 0.592. The molecule has 2 aromatic carbocycles. The van der Waals surface area contributed by atoms with Crippen LogP contribution in [0.5, 0.6) is 11.5 Å². The Labute approximate surface area is 159 Å². The Morgan fingerprint density at radius 1 is 1.19 bits per heavy atom. The summed E-state index contributed by atoms with van der Waals surface area (Å²) in [7, 11) is 1.63. The first kappa shape index (κ1) is 17.8. The molecule has 0 fully saturated rings. The lowest BCUT2D eigenvalue weighted by Gasteiger charge is -2.20. The van der Waals surface area contributed by atoms with Gasteiger partial charge in [0.2, 0.25) is 5.89 Å². The van der Waals surface area contributed by atoms with Crippen molar-refractivity contribution in [1.82, 2.24) is 10.2 Å². The molecular formula is C19H17FN2O4S. The maximum absolute atomic E-state index is 13.8. The van der Waals surface area contributed by atoms with Crippen molar-refractivity contribution in [3.63, 3.8) is 0 Å². The molecule has 1 aromatic heterocycles. The number of hydrogen-bond acceptors (Lipinski definition) is 7. The molecule has 0 unspecified atom stereocenters. The van der Waals surface area contributed by atoms with Gasteiger partial charge in [0.25, 0.3) is 5.22 Å². The van der Waals surface area contributed by atoms with Crippen LogP contribution in [0.3, 0.4) is 0 Å². The molecule has 0 atom stereocenters. The Morgan fingerprint density at radius 2 is 2.04 bits per heavy atom. The minimum absolute atomic E-state index is 0.170. The summed E-state index contributed by atoms with van der Waals surface area (Å²) in [6.45, 7) is 0.514. The lowest BCUT2D eigenvalue weighted by atomic mass is 10.1. The minimum Gasteiger partial charge on any atom is -0.497 e. The van der Waals surface area contributed by atoms with E-state index in [1.54, 1.807) is 7.11 Å². The van der Waals surface area contributed by atoms with Crippen LogP contribution in [0.4, 0.5) is 4.39 Å². The van der Waals surface area contributed by atoms with E-state index in [4.69, 9.17) is 18.6 Å². The average Bonchev–Trinajstić information content (AvgIpc) is 3.14. The smallest absolute Gasteiger partial charge is 0.276 e. The second-order valence-corrected chi connectivity index (χ2v) is 6.87. The first-order chi connectivity index (χ1) is 13.2. The number of fused-ring (bicyclic) bond motifs is 1. The van der Waals surface area contributed by atoms with E-state index in [-0.39, 0.29) is 12.6 Å². The van der Waals surface area contributed by atoms with Gasteiger partial charge in [-0.25, -0.2) is 4.39 Å². The van der Waals surface area contributed by atoms with Crippen LogP contribution in [0.2, 0.25) is 0 Å². The highest BCUT2D eigenvalue weighted by atomic mass is 32.2. The first-order valence-corrected chi connectivity index (χ1v) is 9.30. The van der Waals surface area contributed by atoms with Crippen LogP contribution in [0.1, 0.15) is 22.6 Å². The Hall–Kier alpha value is -2.58. The standard InChI is InChI=1S/C19H17FN2O4S/c1-23-16-4-2-12(3-5-16)6-17-21-22-19(26-17)27-10-14-8-15(20)7-13-9-24-11-25-18(13)14/h2-5,7-8H,6,9-11H2,1H3. The fourth-order valence-corrected chi connectivity index (χ4v) is 3.54. The zero-order valence-electron chi connectivity index (χ0n) is 14.6. The van der Waals surface area contributed by atoms with E-state index in [0.717, 1.165) is 16.9 Å². The van der Waals surface area contributed by atoms with Gasteiger partial charge in [0.05, 0.1) is 20.1 Å². The Kier molecular flexibility index (Phi) is 5.26. The van der Waals surface area contributed by atoms with Crippen LogP contribution in [-0.2, 0) is 23.5 Å². The summed E-state index contributed by atoms with van der Waals surface area (Å²) in [5.74, 6) is 2.14. The molecule has 0 N–H and O–H groups in total. The molecule has 6 nitrogen and oxygen atoms in total. The molecule has 0 spiro atoms. The number of ether oxygens (including phenoxy) is 3. The SMILES string of the molecule is COc1ccc(Cc2nnc(SCc3cc(F)cc4c3OCOC4)o2)cc1. The van der Waals surface area contributed by atoms with Crippen molar-refractivity contribution < 1.29 is 23.0 Å². The summed E-state index contributed by atoms with van der Waals surface area (Å²) >= 11 is 1.34. The predicted octanol–water partition coefficient (Wildman–Crippen LogP) is 3.97. The summed E-state index contributed by atoms with van der Waals surface area (Å²) in [4.78, 5) is 0. The number of nitrogens with zero attached hydrogens (tertiary/aromatic N) is 2. The molecule has 0 amide bonds. The van der Waals surface area contributed by atoms with Gasteiger partial charge in [-0.3, -0.25) is 0 Å². The molecule has 4 rings (SSSR count). The highest BCUT2D eigenvalue weighted by molar-refractivity contribution is 7.98. The van der Waals surface area contributed by atoms with Crippen LogP contribution in [0.15, 0.2) is 46.0 Å². The van der Waals surface area contributed by atoms with Gasteiger partial charge in [0.15, 0.2) is 6.79 Å². The van der Waals surface area contributed by atoms with Crippen LogP contribution in [0, 0.1) is 5.82 Å². The van der Waals surface area contributed by atoms with E-state index in [0.29, 0.717) is 41.2 Å². The molecular weight excluding hydrogens is 371 g/mol. The first-order valence-electron chi connectivity index (χ1n) is 8.31. The molecule has 0 saturated heterocycles. The topological polar surface area (TPSA) is 66.6 Å². The molecule has 3 aromatic rings. The highest BCUT2D eigenvalue weighted by Gasteiger charge is 2.18. The van der Waals surface area contributed by atoms with Crippen molar-refractivity contribution in [3.05, 3.63) is 64.8 Å². The molecule has 0 aliphatic carbocycles. The molecule has 0 saturated carbocycles. The minimum atomic E-state index is -0.316. The number of hydrogen-bond donors (Lipinski definition) is 0. The zero-order chi connectivity index (χ0) is 18.6. The third-order valence-corrected chi connectivity index (χ3v) is 4.93. The molecule has 8 heteroatoms. The monoisotopic (exact) mass is 388 g/mol. The van der Waals surface area contributed by atoms with Gasteiger partial charge < -0.3 is 18.6 Å². The summed E-state index contributed by atoms with van der Waals surface area (Å²) in [6.07, 6.45) is 0.535. The summed E-state index contributed by atoms with van der Waals surface area (Å²) in [5.41, 5.74) is 2.50. The summed E-state index contributed by atoms with van der Waals surface area (Å²) < 4.78 is 35.4. The molecule has 140 valence electrons. The number of aromatic nitrogens is 2. The molecule has 1 aliphatic rings. The van der Waals surface area contributed by atoms with Gasteiger partial charge in [0.1, 0.15) is 17.3 Å². The fraction of sp³-hybridized carbons (Fsp3) is 0.263. The predicted molar refractivity (Wildman–Crippen MR) is 96.3 cm³/mol. The normalized spacial score (nSPS) is 13.1. The van der Waals surface area contributed by atoms with Crippen LogP contribution in [0.25, 0.3) is 0 Å². The Balaban J connectivity index is 1.42. The van der Waals surface area contributed by atoms with Gasteiger partial charge in [-0.2, -0.15) is 0 Å². The highest BCUT2D eigenvalue weighted by Crippen LogP contribution is 2.33. The lowest BCUT2D eigenvalue weighted by Crippen LogP contribution is -2.13. The van der Waals surface area contributed by atoms with Crippen molar-refractivity contribution in [2.75, 3.05) is 13.9 Å². The van der Waals surface area contributed by atoms with Crippen molar-refractivity contribution in [2.45, 2.75) is 24.0 Å². The van der Waals surface area contributed by atoms with Crippen molar-refractivity contribution in [2.24, 2.45) is 0 Å². The van der Waals surface area contributed by atoms with Crippen molar-refractivity contribution in [1.29, 1.82) is 0 Å². The molecule has 0 bridgehead atoms. The fourth-order valence-electron chi connectivity index (χ4n) is 2.79. The van der Waals surface area contributed by atoms with Crippen LogP contribution >= 0.6 is 11.8 Å². The van der Waals surface area contributed by atoms with Crippen LogP contribution in [-0.4, -0.2) is 24.1 Å². The van der Waals surface area contributed by atoms with Gasteiger partial charge in [-0.15, -0.1) is 10.2 Å². The Bertz CT molecular complexity index is 930. The molecule has 0 radical (unpaired) electrons. The van der Waals surface area contributed by atoms with Gasteiger partial charge >= 0.3 is 0 Å². The number of benzene rings is 2. The summed E-state index contributed by atoms with van der Waals surface area (Å²) in [5, 5.41) is 8.57. The second kappa shape index (κ2) is 7.98. The second-order valence-electron chi connectivity index (χ2n) is 5.94. The molecule has 2 heterocycles. The lowest BCUT2D eigenvalue weighted by molar-refractivity contribution is -0.0171. The average molecular weight is 388 g/mol. The molecule has 1 aliphatic heterocycles. The third kappa shape index (κ3) is 4.23. The van der Waals surface area contributed by atoms with Gasteiger partial charge in [0, 0.05) is 16.9 Å². The third-order valence-electron chi connectivity index (χ3n) is 4.07. The van der Waals surface area contributed by atoms with Gasteiger partial charge in [-0.1, -0.05) is 23.9 Å². The van der Waals surface area contributed by atoms with E-state index in [1.807, 2.05) is 24.3 Å². The zero-order valence-corrected chi connectivity index (χ0v) is 15.4. The number of thioether (sulfide) groups is 1. The number of halogens is 1. The van der Waals surface area contributed by atoms with E-state index >= 15 is 0 Å². The maximum Gasteiger partial charge on any atom is 0.276 e. The van der Waals surface area contributed by atoms with Gasteiger partial charge in [-0.05, 0) is 29.8 Å². The summed E-state index contributed by atoms with van der Waals surface area (Å²) in [6, 6.07) is 10.6. The molecule has 27 heavy (non-hydrogen) atoms.